The molecule has 2 aromatic rings. The molecule has 0 radical (unpaired) electrons. The van der Waals surface area contributed by atoms with E-state index in [0.29, 0.717) is 9.23 Å². The maximum absolute atomic E-state index is 12.8. The molecular weight excluding hydrogens is 362 g/mol. The van der Waals surface area contributed by atoms with E-state index in [-0.39, 0.29) is 5.91 Å². The Bertz CT molecular complexity index is 843. The highest BCUT2D eigenvalue weighted by Gasteiger charge is 2.33. The Morgan fingerprint density at radius 1 is 1.19 bits per heavy atom. The molecule has 3 rings (SSSR count). The predicted molar refractivity (Wildman–Crippen MR) is 114 cm³/mol. The van der Waals surface area contributed by atoms with E-state index >= 15 is 0 Å². The fourth-order valence-corrected chi connectivity index (χ4v) is 3.90. The molecule has 134 valence electrons. The lowest BCUT2D eigenvalue weighted by atomic mass is 10.2. The van der Waals surface area contributed by atoms with Crippen molar-refractivity contribution >= 4 is 46.0 Å². The summed E-state index contributed by atoms with van der Waals surface area (Å²) in [7, 11) is 0. The minimum absolute atomic E-state index is 0.0751. The van der Waals surface area contributed by atoms with Crippen LogP contribution >= 0.6 is 24.0 Å². The third kappa shape index (κ3) is 4.34. The molecule has 0 bridgehead atoms. The van der Waals surface area contributed by atoms with Crippen molar-refractivity contribution in [1.82, 2.24) is 0 Å². The lowest BCUT2D eigenvalue weighted by Gasteiger charge is -2.14. The van der Waals surface area contributed by atoms with Gasteiger partial charge in [-0.15, -0.1) is 0 Å². The lowest BCUT2D eigenvalue weighted by Crippen LogP contribution is -2.27. The third-order valence-electron chi connectivity index (χ3n) is 4.00. The Balaban J connectivity index is 1.75. The van der Waals surface area contributed by atoms with Crippen LogP contribution in [0.5, 0.6) is 5.75 Å². The Hall–Kier alpha value is -2.11. The summed E-state index contributed by atoms with van der Waals surface area (Å²) in [6, 6.07) is 15.6. The number of rotatable bonds is 6. The number of carbonyl (C=O) groups excluding carboxylic acids is 1. The summed E-state index contributed by atoms with van der Waals surface area (Å²) in [6.45, 7) is 4.87. The van der Waals surface area contributed by atoms with Crippen molar-refractivity contribution in [3.05, 3.63) is 64.6 Å². The quantitative estimate of drug-likeness (QED) is 0.370. The van der Waals surface area contributed by atoms with Gasteiger partial charge in [-0.2, -0.15) is 0 Å². The molecule has 0 saturated carbocycles. The highest BCUT2D eigenvalue weighted by molar-refractivity contribution is 8.27. The monoisotopic (exact) mass is 383 g/mol. The van der Waals surface area contributed by atoms with Gasteiger partial charge in [0.1, 0.15) is 5.75 Å². The van der Waals surface area contributed by atoms with E-state index in [1.807, 2.05) is 61.5 Å². The summed E-state index contributed by atoms with van der Waals surface area (Å²) in [5.74, 6) is 0.775. The standard InChI is InChI=1S/C21H21NO2S2/c1-3-4-12-24-18-10-8-16(9-11-18)14-19-20(23)22(21(25)26-19)17-7-5-6-15(2)13-17/h5-11,13-14H,3-4,12H2,1-2H3/b19-14-. The zero-order valence-corrected chi connectivity index (χ0v) is 16.5. The van der Waals surface area contributed by atoms with Crippen LogP contribution in [-0.4, -0.2) is 16.8 Å². The van der Waals surface area contributed by atoms with Crippen molar-refractivity contribution in [2.75, 3.05) is 11.5 Å². The second kappa shape index (κ2) is 8.52. The molecule has 0 atom stereocenters. The van der Waals surface area contributed by atoms with Crippen molar-refractivity contribution in [2.24, 2.45) is 0 Å². The van der Waals surface area contributed by atoms with Crippen LogP contribution in [0, 0.1) is 6.92 Å². The molecule has 0 spiro atoms. The molecule has 1 aliphatic heterocycles. The summed E-state index contributed by atoms with van der Waals surface area (Å²) in [6.07, 6.45) is 4.04. The Kier molecular flexibility index (Phi) is 6.12. The van der Waals surface area contributed by atoms with E-state index in [9.17, 15) is 4.79 Å². The molecule has 0 aliphatic carbocycles. The number of hydrogen-bond acceptors (Lipinski definition) is 4. The molecule has 0 aromatic heterocycles. The highest BCUT2D eigenvalue weighted by Crippen LogP contribution is 2.36. The summed E-state index contributed by atoms with van der Waals surface area (Å²) in [5, 5.41) is 0. The maximum atomic E-state index is 12.8. The topological polar surface area (TPSA) is 29.5 Å². The first-order chi connectivity index (χ1) is 12.6. The first kappa shape index (κ1) is 18.7. The van der Waals surface area contributed by atoms with Crippen molar-refractivity contribution in [3.8, 4) is 5.75 Å². The number of thiocarbonyl (C=S) groups is 1. The molecule has 0 unspecified atom stereocenters. The average molecular weight is 384 g/mol. The van der Waals surface area contributed by atoms with E-state index in [2.05, 4.69) is 6.92 Å². The van der Waals surface area contributed by atoms with Crippen LogP contribution in [0.4, 0.5) is 5.69 Å². The van der Waals surface area contributed by atoms with E-state index in [1.165, 1.54) is 11.8 Å². The second-order valence-electron chi connectivity index (χ2n) is 6.13. The van der Waals surface area contributed by atoms with Gasteiger partial charge in [0, 0.05) is 0 Å². The van der Waals surface area contributed by atoms with Crippen LogP contribution in [0.15, 0.2) is 53.4 Å². The van der Waals surface area contributed by atoms with Crippen LogP contribution in [0.1, 0.15) is 30.9 Å². The van der Waals surface area contributed by atoms with Crippen molar-refractivity contribution in [3.63, 3.8) is 0 Å². The summed E-state index contributed by atoms with van der Waals surface area (Å²) < 4.78 is 6.24. The Labute approximate surface area is 164 Å². The lowest BCUT2D eigenvalue weighted by molar-refractivity contribution is -0.113. The molecule has 5 heteroatoms. The number of thioether (sulfide) groups is 1. The second-order valence-corrected chi connectivity index (χ2v) is 7.80. The molecule has 2 aromatic carbocycles. The number of benzene rings is 2. The van der Waals surface area contributed by atoms with Gasteiger partial charge in [-0.1, -0.05) is 61.6 Å². The smallest absolute Gasteiger partial charge is 0.270 e. The number of nitrogens with zero attached hydrogens (tertiary/aromatic N) is 1. The van der Waals surface area contributed by atoms with Gasteiger partial charge in [0.05, 0.1) is 17.2 Å². The largest absolute Gasteiger partial charge is 0.494 e. The van der Waals surface area contributed by atoms with Gasteiger partial charge in [-0.25, -0.2) is 0 Å². The molecule has 1 amide bonds. The zero-order chi connectivity index (χ0) is 18.5. The minimum Gasteiger partial charge on any atom is -0.494 e. The first-order valence-corrected chi connectivity index (χ1v) is 9.88. The van der Waals surface area contributed by atoms with Crippen LogP contribution < -0.4 is 9.64 Å². The summed E-state index contributed by atoms with van der Waals surface area (Å²) in [4.78, 5) is 15.0. The minimum atomic E-state index is -0.0751. The average Bonchev–Trinajstić information content (AvgIpc) is 2.90. The van der Waals surface area contributed by atoms with E-state index < -0.39 is 0 Å². The Morgan fingerprint density at radius 3 is 2.65 bits per heavy atom. The zero-order valence-electron chi connectivity index (χ0n) is 14.9. The molecule has 1 saturated heterocycles. The van der Waals surface area contributed by atoms with Gasteiger partial charge in [0.2, 0.25) is 0 Å². The predicted octanol–water partition coefficient (Wildman–Crippen LogP) is 5.58. The third-order valence-corrected chi connectivity index (χ3v) is 5.30. The number of aryl methyl sites for hydroxylation is 1. The van der Waals surface area contributed by atoms with Crippen LogP contribution in [0.25, 0.3) is 6.08 Å². The molecule has 26 heavy (non-hydrogen) atoms. The fourth-order valence-electron chi connectivity index (χ4n) is 2.60. The number of unbranched alkanes of at least 4 members (excludes halogenated alkanes) is 1. The van der Waals surface area contributed by atoms with E-state index in [1.54, 1.807) is 4.90 Å². The number of carbonyl (C=O) groups is 1. The molecule has 0 N–H and O–H groups in total. The normalized spacial score (nSPS) is 15.8. The number of ether oxygens (including phenoxy) is 1. The summed E-state index contributed by atoms with van der Waals surface area (Å²) in [5.41, 5.74) is 2.87. The Morgan fingerprint density at radius 2 is 1.96 bits per heavy atom. The van der Waals surface area contributed by atoms with Gasteiger partial charge in [0.25, 0.3) is 5.91 Å². The van der Waals surface area contributed by atoms with Crippen molar-refractivity contribution in [1.29, 1.82) is 0 Å². The van der Waals surface area contributed by atoms with E-state index in [0.717, 1.165) is 42.0 Å². The molecule has 1 heterocycles. The van der Waals surface area contributed by atoms with Crippen LogP contribution in [-0.2, 0) is 4.79 Å². The molecular formula is C21H21NO2S2. The molecule has 1 aliphatic rings. The van der Waals surface area contributed by atoms with Gasteiger partial charge in [-0.3, -0.25) is 9.69 Å². The molecule has 1 fully saturated rings. The van der Waals surface area contributed by atoms with Crippen molar-refractivity contribution < 1.29 is 9.53 Å². The number of anilines is 1. The number of amides is 1. The fraction of sp³-hybridized carbons (Fsp3) is 0.238. The van der Waals surface area contributed by atoms with E-state index in [4.69, 9.17) is 17.0 Å². The van der Waals surface area contributed by atoms with Gasteiger partial charge >= 0.3 is 0 Å². The summed E-state index contributed by atoms with van der Waals surface area (Å²) >= 11 is 6.76. The highest BCUT2D eigenvalue weighted by atomic mass is 32.2. The number of hydrogen-bond donors (Lipinski definition) is 0. The van der Waals surface area contributed by atoms with Gasteiger partial charge < -0.3 is 4.74 Å². The van der Waals surface area contributed by atoms with Crippen LogP contribution in [0.2, 0.25) is 0 Å². The molecule has 3 nitrogen and oxygen atoms in total. The van der Waals surface area contributed by atoms with Gasteiger partial charge in [-0.05, 0) is 54.8 Å². The van der Waals surface area contributed by atoms with Gasteiger partial charge in [0.15, 0.2) is 4.32 Å². The first-order valence-electron chi connectivity index (χ1n) is 8.66. The van der Waals surface area contributed by atoms with Crippen molar-refractivity contribution in [2.45, 2.75) is 26.7 Å². The SMILES string of the molecule is CCCCOc1ccc(/C=C2\SC(=S)N(c3cccc(C)c3)C2=O)cc1. The maximum Gasteiger partial charge on any atom is 0.270 e. The van der Waals surface area contributed by atoms with Crippen LogP contribution in [0.3, 0.4) is 0 Å².